The number of nitrogens with zero attached hydrogens (tertiary/aromatic N) is 1. The van der Waals surface area contributed by atoms with Crippen LogP contribution in [0, 0.1) is 0 Å². The summed E-state index contributed by atoms with van der Waals surface area (Å²) in [6, 6.07) is 24.0. The van der Waals surface area contributed by atoms with Crippen molar-refractivity contribution in [2.75, 3.05) is 17.9 Å². The van der Waals surface area contributed by atoms with Gasteiger partial charge in [0.05, 0.1) is 10.6 Å². The van der Waals surface area contributed by atoms with Crippen molar-refractivity contribution in [3.8, 4) is 0 Å². The van der Waals surface area contributed by atoms with Crippen molar-refractivity contribution in [3.63, 3.8) is 0 Å². The molecule has 0 bridgehead atoms. The van der Waals surface area contributed by atoms with Crippen LogP contribution in [-0.4, -0.2) is 33.8 Å². The van der Waals surface area contributed by atoms with Crippen LogP contribution in [-0.2, 0) is 21.4 Å². The summed E-state index contributed by atoms with van der Waals surface area (Å²) >= 11 is 0. The molecule has 0 heterocycles. The molecule has 2 N–H and O–H groups in total. The van der Waals surface area contributed by atoms with Gasteiger partial charge in [0.1, 0.15) is 0 Å². The molecule has 0 atom stereocenters. The van der Waals surface area contributed by atoms with Gasteiger partial charge in [-0.3, -0.25) is 13.9 Å². The van der Waals surface area contributed by atoms with Crippen molar-refractivity contribution >= 4 is 27.5 Å². The van der Waals surface area contributed by atoms with Crippen molar-refractivity contribution in [1.82, 2.24) is 10.6 Å². The highest BCUT2D eigenvalue weighted by molar-refractivity contribution is 7.92. The van der Waals surface area contributed by atoms with Crippen molar-refractivity contribution in [3.05, 3.63) is 96.1 Å². The fourth-order valence-electron chi connectivity index (χ4n) is 2.99. The monoisotopic (exact) mass is 451 g/mol. The zero-order valence-electron chi connectivity index (χ0n) is 17.7. The van der Waals surface area contributed by atoms with E-state index >= 15 is 0 Å². The van der Waals surface area contributed by atoms with Crippen LogP contribution in [0.3, 0.4) is 0 Å². The van der Waals surface area contributed by atoms with Crippen molar-refractivity contribution in [2.24, 2.45) is 0 Å². The minimum absolute atomic E-state index is 0.0840. The predicted octanol–water partition coefficient (Wildman–Crippen LogP) is 2.95. The van der Waals surface area contributed by atoms with E-state index in [9.17, 15) is 18.0 Å². The molecule has 0 spiro atoms. The van der Waals surface area contributed by atoms with Crippen molar-refractivity contribution in [1.29, 1.82) is 0 Å². The Morgan fingerprint density at radius 2 is 1.41 bits per heavy atom. The third kappa shape index (κ3) is 5.95. The molecule has 7 nitrogen and oxygen atoms in total. The number of hydrogen-bond acceptors (Lipinski definition) is 4. The summed E-state index contributed by atoms with van der Waals surface area (Å²) in [4.78, 5) is 24.3. The first kappa shape index (κ1) is 23.0. The van der Waals surface area contributed by atoms with E-state index in [4.69, 9.17) is 0 Å². The number of nitrogens with one attached hydrogen (secondary N) is 2. The molecule has 166 valence electrons. The molecule has 0 saturated carbocycles. The molecule has 0 fully saturated rings. The Kier molecular flexibility index (Phi) is 7.62. The molecule has 3 rings (SSSR count). The van der Waals surface area contributed by atoms with Gasteiger partial charge < -0.3 is 10.6 Å². The van der Waals surface area contributed by atoms with Gasteiger partial charge in [-0.15, -0.1) is 0 Å². The molecule has 0 unspecified atom stereocenters. The van der Waals surface area contributed by atoms with E-state index in [-0.39, 0.29) is 29.7 Å². The highest BCUT2D eigenvalue weighted by Crippen LogP contribution is 2.21. The normalized spacial score (nSPS) is 10.9. The van der Waals surface area contributed by atoms with Crippen LogP contribution in [0.25, 0.3) is 0 Å². The van der Waals surface area contributed by atoms with Gasteiger partial charge in [0.15, 0.2) is 0 Å². The van der Waals surface area contributed by atoms with Gasteiger partial charge in [0.25, 0.3) is 15.9 Å². The summed E-state index contributed by atoms with van der Waals surface area (Å²) in [7, 11) is -2.26. The summed E-state index contributed by atoms with van der Waals surface area (Å²) in [5.41, 5.74) is 1.86. The maximum absolute atomic E-state index is 12.8. The van der Waals surface area contributed by atoms with Crippen LogP contribution >= 0.6 is 0 Å². The quantitative estimate of drug-likeness (QED) is 0.523. The Labute approximate surface area is 188 Å². The maximum Gasteiger partial charge on any atom is 0.264 e. The van der Waals surface area contributed by atoms with Crippen LogP contribution in [0.4, 0.5) is 5.69 Å². The van der Waals surface area contributed by atoms with Crippen LogP contribution < -0.4 is 14.9 Å². The van der Waals surface area contributed by atoms with Crippen LogP contribution in [0.15, 0.2) is 89.8 Å². The number of amides is 2. The van der Waals surface area contributed by atoms with Gasteiger partial charge in [0.2, 0.25) is 5.91 Å². The lowest BCUT2D eigenvalue weighted by Gasteiger charge is -2.19. The average molecular weight is 452 g/mol. The Morgan fingerprint density at radius 3 is 2.03 bits per heavy atom. The van der Waals surface area contributed by atoms with Gasteiger partial charge >= 0.3 is 0 Å². The molecule has 3 aromatic rings. The number of para-hydroxylation sites is 1. The van der Waals surface area contributed by atoms with Crippen LogP contribution in [0.5, 0.6) is 0 Å². The van der Waals surface area contributed by atoms with E-state index in [2.05, 4.69) is 10.6 Å². The number of anilines is 1. The smallest absolute Gasteiger partial charge is 0.264 e. The molecule has 0 saturated heterocycles. The highest BCUT2D eigenvalue weighted by Gasteiger charge is 2.21. The fraction of sp³-hybridized carbons (Fsp3) is 0.167. The summed E-state index contributed by atoms with van der Waals surface area (Å²) in [6.45, 7) is 0.608. The molecular formula is C24H25N3O4S. The van der Waals surface area contributed by atoms with Gasteiger partial charge in [-0.1, -0.05) is 48.5 Å². The highest BCUT2D eigenvalue weighted by atomic mass is 32.2. The lowest BCUT2D eigenvalue weighted by Crippen LogP contribution is -2.30. The lowest BCUT2D eigenvalue weighted by molar-refractivity contribution is -0.121. The second-order valence-electron chi connectivity index (χ2n) is 7.10. The third-order valence-electron chi connectivity index (χ3n) is 4.86. The minimum Gasteiger partial charge on any atom is -0.352 e. The Bertz CT molecular complexity index is 1150. The largest absolute Gasteiger partial charge is 0.352 e. The number of benzene rings is 3. The van der Waals surface area contributed by atoms with Crippen LogP contribution in [0.2, 0.25) is 0 Å². The third-order valence-corrected chi connectivity index (χ3v) is 6.66. The standard InChI is InChI=1S/C24H25N3O4S/c1-27(21-10-6-3-7-11-21)32(30,31)22-14-12-20(13-15-22)24(29)25-17-16-23(28)26-18-19-8-4-2-5-9-19/h2-15H,16-18H2,1H3,(H,25,29)(H,26,28). The first-order valence-corrected chi connectivity index (χ1v) is 11.5. The Hall–Kier alpha value is -3.65. The second kappa shape index (κ2) is 10.6. The molecule has 0 aliphatic carbocycles. The summed E-state index contributed by atoms with van der Waals surface area (Å²) in [5, 5.41) is 5.47. The van der Waals surface area contributed by atoms with E-state index in [1.54, 1.807) is 24.3 Å². The average Bonchev–Trinajstić information content (AvgIpc) is 2.83. The molecule has 8 heteroatoms. The minimum atomic E-state index is -3.74. The molecule has 3 aromatic carbocycles. The number of carbonyl (C=O) groups excluding carboxylic acids is 2. The van der Waals surface area contributed by atoms with E-state index in [1.165, 1.54) is 35.6 Å². The van der Waals surface area contributed by atoms with E-state index in [0.29, 0.717) is 17.8 Å². The Balaban J connectivity index is 1.51. The van der Waals surface area contributed by atoms with E-state index < -0.39 is 10.0 Å². The molecule has 0 aliphatic heterocycles. The number of carbonyl (C=O) groups is 2. The number of hydrogen-bond donors (Lipinski definition) is 2. The van der Waals surface area contributed by atoms with Gasteiger partial charge in [-0.2, -0.15) is 0 Å². The summed E-state index contributed by atoms with van der Waals surface area (Å²) < 4.78 is 26.8. The SMILES string of the molecule is CN(c1ccccc1)S(=O)(=O)c1ccc(C(=O)NCCC(=O)NCc2ccccc2)cc1. The maximum atomic E-state index is 12.8. The Morgan fingerprint density at radius 1 is 0.812 bits per heavy atom. The molecule has 0 radical (unpaired) electrons. The topological polar surface area (TPSA) is 95.6 Å². The van der Waals surface area contributed by atoms with E-state index in [1.807, 2.05) is 36.4 Å². The summed E-state index contributed by atoms with van der Waals surface area (Å²) in [5.74, 6) is -0.541. The van der Waals surface area contributed by atoms with Gasteiger partial charge in [-0.25, -0.2) is 8.42 Å². The lowest BCUT2D eigenvalue weighted by atomic mass is 10.2. The molecule has 32 heavy (non-hydrogen) atoms. The predicted molar refractivity (Wildman–Crippen MR) is 124 cm³/mol. The first-order valence-electron chi connectivity index (χ1n) is 10.1. The molecule has 2 amide bonds. The molecule has 0 aromatic heterocycles. The van der Waals surface area contributed by atoms with Crippen molar-refractivity contribution < 1.29 is 18.0 Å². The zero-order chi connectivity index (χ0) is 23.0. The fourth-order valence-corrected chi connectivity index (χ4v) is 4.19. The molecular weight excluding hydrogens is 426 g/mol. The van der Waals surface area contributed by atoms with Gasteiger partial charge in [-0.05, 0) is 42.0 Å². The second-order valence-corrected chi connectivity index (χ2v) is 9.07. The first-order chi connectivity index (χ1) is 15.4. The van der Waals surface area contributed by atoms with Gasteiger partial charge in [0, 0.05) is 32.1 Å². The number of sulfonamides is 1. The summed E-state index contributed by atoms with van der Waals surface area (Å²) in [6.07, 6.45) is 0.146. The number of rotatable bonds is 9. The molecule has 0 aliphatic rings. The van der Waals surface area contributed by atoms with Crippen molar-refractivity contribution in [2.45, 2.75) is 17.9 Å². The van der Waals surface area contributed by atoms with E-state index in [0.717, 1.165) is 5.56 Å². The zero-order valence-corrected chi connectivity index (χ0v) is 18.5. The van der Waals surface area contributed by atoms with Crippen LogP contribution in [0.1, 0.15) is 22.3 Å².